The molecule has 5 nitrogen and oxygen atoms in total. The van der Waals surface area contributed by atoms with E-state index in [4.69, 9.17) is 9.15 Å². The molecule has 3 rings (SSSR count). The van der Waals surface area contributed by atoms with Gasteiger partial charge in [0.2, 0.25) is 11.8 Å². The van der Waals surface area contributed by atoms with Gasteiger partial charge in [0, 0.05) is 18.5 Å². The Morgan fingerprint density at radius 2 is 1.78 bits per heavy atom. The molecule has 118 valence electrons. The van der Waals surface area contributed by atoms with E-state index in [2.05, 4.69) is 28.5 Å². The van der Waals surface area contributed by atoms with Crippen molar-refractivity contribution in [2.75, 3.05) is 0 Å². The number of hydrogen-bond acceptors (Lipinski definition) is 5. The van der Waals surface area contributed by atoms with Gasteiger partial charge in [-0.15, -0.1) is 10.2 Å². The number of aromatic nitrogens is 2. The standard InChI is InChI=1S/C18H19N3O2/c1-13(19-12-18-21-20-14(2)22-18)16-10-6-7-11-17(16)23-15-8-4-3-5-9-15/h3-11,13,19H,12H2,1-2H3/t13-/m1/s1. The summed E-state index contributed by atoms with van der Waals surface area (Å²) in [6, 6.07) is 17.8. The summed E-state index contributed by atoms with van der Waals surface area (Å²) in [7, 11) is 0. The lowest BCUT2D eigenvalue weighted by atomic mass is 10.1. The number of benzene rings is 2. The highest BCUT2D eigenvalue weighted by Gasteiger charge is 2.13. The van der Waals surface area contributed by atoms with E-state index in [0.29, 0.717) is 18.3 Å². The van der Waals surface area contributed by atoms with Crippen LogP contribution in [0.5, 0.6) is 11.5 Å². The summed E-state index contributed by atoms with van der Waals surface area (Å²) >= 11 is 0. The van der Waals surface area contributed by atoms with Crippen LogP contribution in [0.2, 0.25) is 0 Å². The Labute approximate surface area is 135 Å². The second-order valence-corrected chi connectivity index (χ2v) is 5.27. The first-order chi connectivity index (χ1) is 11.2. The predicted molar refractivity (Wildman–Crippen MR) is 87.2 cm³/mol. The molecule has 2 aromatic carbocycles. The van der Waals surface area contributed by atoms with E-state index in [0.717, 1.165) is 17.1 Å². The Hall–Kier alpha value is -2.66. The van der Waals surface area contributed by atoms with E-state index in [1.807, 2.05) is 48.5 Å². The minimum atomic E-state index is 0.0853. The number of rotatable bonds is 6. The first-order valence-corrected chi connectivity index (χ1v) is 7.56. The van der Waals surface area contributed by atoms with Crippen LogP contribution in [0.15, 0.2) is 59.0 Å². The van der Waals surface area contributed by atoms with Crippen LogP contribution < -0.4 is 10.1 Å². The molecular weight excluding hydrogens is 290 g/mol. The third-order valence-corrected chi connectivity index (χ3v) is 3.48. The quantitative estimate of drug-likeness (QED) is 0.745. The SMILES string of the molecule is Cc1nnc(CN[C@H](C)c2ccccc2Oc2ccccc2)o1. The topological polar surface area (TPSA) is 60.2 Å². The fourth-order valence-corrected chi connectivity index (χ4v) is 2.31. The van der Waals surface area contributed by atoms with Crippen molar-refractivity contribution in [3.63, 3.8) is 0 Å². The number of hydrogen-bond donors (Lipinski definition) is 1. The van der Waals surface area contributed by atoms with Crippen molar-refractivity contribution in [3.05, 3.63) is 71.9 Å². The average Bonchev–Trinajstić information content (AvgIpc) is 3.00. The van der Waals surface area contributed by atoms with E-state index < -0.39 is 0 Å². The molecule has 0 unspecified atom stereocenters. The molecule has 0 saturated heterocycles. The molecule has 0 aliphatic heterocycles. The molecule has 1 N–H and O–H groups in total. The summed E-state index contributed by atoms with van der Waals surface area (Å²) in [5.41, 5.74) is 1.08. The molecule has 0 aliphatic carbocycles. The molecule has 0 bridgehead atoms. The summed E-state index contributed by atoms with van der Waals surface area (Å²) in [5, 5.41) is 11.2. The largest absolute Gasteiger partial charge is 0.457 e. The summed E-state index contributed by atoms with van der Waals surface area (Å²) < 4.78 is 11.4. The third kappa shape index (κ3) is 3.96. The molecule has 23 heavy (non-hydrogen) atoms. The van der Waals surface area contributed by atoms with Gasteiger partial charge in [-0.2, -0.15) is 0 Å². The van der Waals surface area contributed by atoms with Crippen molar-refractivity contribution in [1.82, 2.24) is 15.5 Å². The Balaban J connectivity index is 1.71. The summed E-state index contributed by atoms with van der Waals surface area (Å²) in [4.78, 5) is 0. The maximum atomic E-state index is 6.00. The third-order valence-electron chi connectivity index (χ3n) is 3.48. The molecule has 5 heteroatoms. The molecule has 0 aliphatic rings. The van der Waals surface area contributed by atoms with E-state index in [1.165, 1.54) is 0 Å². The zero-order valence-electron chi connectivity index (χ0n) is 13.2. The maximum Gasteiger partial charge on any atom is 0.230 e. The summed E-state index contributed by atoms with van der Waals surface area (Å²) in [6.45, 7) is 4.38. The Morgan fingerprint density at radius 1 is 1.04 bits per heavy atom. The molecular formula is C18H19N3O2. The van der Waals surface area contributed by atoms with Crippen LogP contribution in [0.1, 0.15) is 30.3 Å². The Bertz CT molecular complexity index is 756. The van der Waals surface area contributed by atoms with Crippen molar-refractivity contribution in [3.8, 4) is 11.5 Å². The number of nitrogens with one attached hydrogen (secondary N) is 1. The lowest BCUT2D eigenvalue weighted by molar-refractivity contribution is 0.421. The molecule has 1 atom stereocenters. The van der Waals surface area contributed by atoms with Gasteiger partial charge in [0.1, 0.15) is 11.5 Å². The highest BCUT2D eigenvalue weighted by Crippen LogP contribution is 2.29. The highest BCUT2D eigenvalue weighted by atomic mass is 16.5. The fourth-order valence-electron chi connectivity index (χ4n) is 2.31. The van der Waals surface area contributed by atoms with Crippen molar-refractivity contribution in [2.24, 2.45) is 0 Å². The fraction of sp³-hybridized carbons (Fsp3) is 0.222. The lowest BCUT2D eigenvalue weighted by Gasteiger charge is -2.17. The molecule has 0 saturated carbocycles. The number of ether oxygens (including phenoxy) is 1. The van der Waals surface area contributed by atoms with Crippen LogP contribution in [0, 0.1) is 6.92 Å². The predicted octanol–water partition coefficient (Wildman–Crippen LogP) is 4.02. The van der Waals surface area contributed by atoms with Gasteiger partial charge in [-0.05, 0) is 25.1 Å². The van der Waals surface area contributed by atoms with Crippen molar-refractivity contribution >= 4 is 0 Å². The second kappa shape index (κ2) is 7.07. The molecule has 0 spiro atoms. The second-order valence-electron chi connectivity index (χ2n) is 5.27. The van der Waals surface area contributed by atoms with Crippen LogP contribution >= 0.6 is 0 Å². The minimum absolute atomic E-state index is 0.0853. The zero-order chi connectivity index (χ0) is 16.1. The summed E-state index contributed by atoms with van der Waals surface area (Å²) in [6.07, 6.45) is 0. The van der Waals surface area contributed by atoms with E-state index >= 15 is 0 Å². The van der Waals surface area contributed by atoms with E-state index in [-0.39, 0.29) is 6.04 Å². The van der Waals surface area contributed by atoms with Crippen molar-refractivity contribution in [2.45, 2.75) is 26.4 Å². The Morgan fingerprint density at radius 3 is 2.52 bits per heavy atom. The van der Waals surface area contributed by atoms with Crippen LogP contribution in [-0.4, -0.2) is 10.2 Å². The van der Waals surface area contributed by atoms with Gasteiger partial charge in [0.15, 0.2) is 0 Å². The van der Waals surface area contributed by atoms with Gasteiger partial charge in [0.25, 0.3) is 0 Å². The Kier molecular flexibility index (Phi) is 4.68. The van der Waals surface area contributed by atoms with Gasteiger partial charge in [-0.1, -0.05) is 36.4 Å². The van der Waals surface area contributed by atoms with Crippen LogP contribution in [0.4, 0.5) is 0 Å². The maximum absolute atomic E-state index is 6.00. The first kappa shape index (κ1) is 15.2. The lowest BCUT2D eigenvalue weighted by Crippen LogP contribution is -2.18. The van der Waals surface area contributed by atoms with Gasteiger partial charge in [0.05, 0.1) is 6.54 Å². The smallest absolute Gasteiger partial charge is 0.230 e. The number of nitrogens with zero attached hydrogens (tertiary/aromatic N) is 2. The molecule has 1 heterocycles. The minimum Gasteiger partial charge on any atom is -0.457 e. The van der Waals surface area contributed by atoms with Gasteiger partial charge in [-0.25, -0.2) is 0 Å². The normalized spacial score (nSPS) is 12.1. The zero-order valence-corrected chi connectivity index (χ0v) is 13.2. The van der Waals surface area contributed by atoms with Gasteiger partial charge in [-0.3, -0.25) is 0 Å². The van der Waals surface area contributed by atoms with Crippen LogP contribution in [-0.2, 0) is 6.54 Å². The average molecular weight is 309 g/mol. The number of para-hydroxylation sites is 2. The monoisotopic (exact) mass is 309 g/mol. The highest BCUT2D eigenvalue weighted by molar-refractivity contribution is 5.39. The first-order valence-electron chi connectivity index (χ1n) is 7.56. The molecule has 0 fully saturated rings. The molecule has 0 amide bonds. The molecule has 3 aromatic rings. The van der Waals surface area contributed by atoms with Gasteiger partial charge < -0.3 is 14.5 Å². The van der Waals surface area contributed by atoms with E-state index in [9.17, 15) is 0 Å². The van der Waals surface area contributed by atoms with Crippen LogP contribution in [0.25, 0.3) is 0 Å². The van der Waals surface area contributed by atoms with Crippen molar-refractivity contribution < 1.29 is 9.15 Å². The molecule has 0 radical (unpaired) electrons. The molecule has 1 aromatic heterocycles. The number of aryl methyl sites for hydroxylation is 1. The van der Waals surface area contributed by atoms with Crippen molar-refractivity contribution in [1.29, 1.82) is 0 Å². The van der Waals surface area contributed by atoms with E-state index in [1.54, 1.807) is 6.92 Å². The summed E-state index contributed by atoms with van der Waals surface area (Å²) in [5.74, 6) is 2.80. The van der Waals surface area contributed by atoms with Crippen LogP contribution in [0.3, 0.4) is 0 Å². The van der Waals surface area contributed by atoms with Gasteiger partial charge >= 0.3 is 0 Å².